The number of likely N-dealkylation sites (tertiary alicyclic amines) is 1. The van der Waals surface area contributed by atoms with Crippen LogP contribution in [-0.4, -0.2) is 43.9 Å². The maximum atomic E-state index is 10.1. The van der Waals surface area contributed by atoms with Crippen molar-refractivity contribution in [1.82, 2.24) is 4.90 Å². The molecule has 0 spiro atoms. The smallest absolute Gasteiger partial charge is 0.0995 e. The van der Waals surface area contributed by atoms with Crippen LogP contribution in [0.25, 0.3) is 0 Å². The Kier molecular flexibility index (Phi) is 2.75. The fourth-order valence-electron chi connectivity index (χ4n) is 3.51. The quantitative estimate of drug-likeness (QED) is 0.641. The zero-order valence-electron chi connectivity index (χ0n) is 11.0. The van der Waals surface area contributed by atoms with Crippen LogP contribution in [0.4, 0.5) is 0 Å². The van der Waals surface area contributed by atoms with E-state index in [1.807, 2.05) is 27.7 Å². The van der Waals surface area contributed by atoms with E-state index in [1.165, 1.54) is 0 Å². The highest BCUT2D eigenvalue weighted by Gasteiger charge is 2.60. The lowest BCUT2D eigenvalue weighted by Gasteiger charge is -2.49. The largest absolute Gasteiger partial charge is 0.388 e. The molecule has 0 bridgehead atoms. The number of aliphatic hydroxyl groups is 2. The molecule has 1 aliphatic rings. The van der Waals surface area contributed by atoms with Gasteiger partial charge in [-0.1, -0.05) is 0 Å². The van der Waals surface area contributed by atoms with Crippen LogP contribution in [0.2, 0.25) is 0 Å². The van der Waals surface area contributed by atoms with Crippen molar-refractivity contribution in [3.63, 3.8) is 0 Å². The minimum Gasteiger partial charge on any atom is -0.388 e. The molecule has 0 radical (unpaired) electrons. The van der Waals surface area contributed by atoms with Crippen LogP contribution >= 0.6 is 0 Å². The van der Waals surface area contributed by atoms with Crippen molar-refractivity contribution >= 4 is 0 Å². The molecule has 15 heavy (non-hydrogen) atoms. The summed E-state index contributed by atoms with van der Waals surface area (Å²) in [6, 6.07) is 0. The highest BCUT2D eigenvalue weighted by Crippen LogP contribution is 2.45. The predicted octanol–water partition coefficient (Wildman–Crippen LogP) is 1.38. The van der Waals surface area contributed by atoms with Crippen molar-refractivity contribution in [3.05, 3.63) is 0 Å². The number of hydrogen-bond acceptors (Lipinski definition) is 3. The summed E-state index contributed by atoms with van der Waals surface area (Å²) < 4.78 is 0. The number of hydrogen-bond donors (Lipinski definition) is 2. The Balaban J connectivity index is 3.24. The van der Waals surface area contributed by atoms with Gasteiger partial charge in [0, 0.05) is 16.6 Å². The van der Waals surface area contributed by atoms with Gasteiger partial charge in [0.2, 0.25) is 0 Å². The average Bonchev–Trinajstić information content (AvgIpc) is 2.06. The molecule has 3 nitrogen and oxygen atoms in total. The monoisotopic (exact) mass is 215 g/mol. The van der Waals surface area contributed by atoms with Gasteiger partial charge in [-0.05, 0) is 48.5 Å². The maximum absolute atomic E-state index is 10.1. The molecule has 3 heteroatoms. The van der Waals surface area contributed by atoms with Crippen LogP contribution in [0.3, 0.4) is 0 Å². The zero-order chi connectivity index (χ0) is 12.2. The molecule has 90 valence electrons. The van der Waals surface area contributed by atoms with E-state index >= 15 is 0 Å². The molecule has 1 fully saturated rings. The third-order valence-corrected chi connectivity index (χ3v) is 3.57. The van der Waals surface area contributed by atoms with Gasteiger partial charge in [0.05, 0.1) is 12.2 Å². The molecular formula is C12H25NO2. The van der Waals surface area contributed by atoms with E-state index in [-0.39, 0.29) is 5.54 Å². The van der Waals surface area contributed by atoms with Gasteiger partial charge in [-0.2, -0.15) is 0 Å². The number of rotatable bonds is 0. The van der Waals surface area contributed by atoms with E-state index in [4.69, 9.17) is 0 Å². The summed E-state index contributed by atoms with van der Waals surface area (Å²) in [5, 5.41) is 20.2. The second kappa shape index (κ2) is 3.19. The fraction of sp³-hybridized carbons (Fsp3) is 1.00. The molecule has 0 aliphatic carbocycles. The van der Waals surface area contributed by atoms with Crippen LogP contribution in [0, 0.1) is 0 Å². The normalized spacial score (nSPS) is 35.8. The third kappa shape index (κ3) is 1.71. The van der Waals surface area contributed by atoms with Gasteiger partial charge in [-0.25, -0.2) is 0 Å². The van der Waals surface area contributed by atoms with Gasteiger partial charge >= 0.3 is 0 Å². The van der Waals surface area contributed by atoms with Crippen LogP contribution in [0.1, 0.15) is 48.5 Å². The molecule has 0 aromatic heterocycles. The summed E-state index contributed by atoms with van der Waals surface area (Å²) in [4.78, 5) is 2.21. The SMILES string of the molecule is CC(C)(C)N1C(C)(C)[C@H](O)[C@H](O)C1(C)C. The molecule has 0 amide bonds. The van der Waals surface area contributed by atoms with Crippen LogP contribution < -0.4 is 0 Å². The van der Waals surface area contributed by atoms with Gasteiger partial charge in [-0.3, -0.25) is 4.90 Å². The highest BCUT2D eigenvalue weighted by atomic mass is 16.3. The lowest BCUT2D eigenvalue weighted by molar-refractivity contribution is -0.0378. The first kappa shape index (κ1) is 12.9. The van der Waals surface area contributed by atoms with Gasteiger partial charge < -0.3 is 10.2 Å². The van der Waals surface area contributed by atoms with Crippen molar-refractivity contribution in [2.75, 3.05) is 0 Å². The lowest BCUT2D eigenvalue weighted by atomic mass is 9.93. The molecule has 0 unspecified atom stereocenters. The summed E-state index contributed by atoms with van der Waals surface area (Å²) >= 11 is 0. The molecule has 1 aliphatic heterocycles. The first-order valence-electron chi connectivity index (χ1n) is 5.60. The molecule has 2 atom stereocenters. The Labute approximate surface area is 93.1 Å². The first-order chi connectivity index (χ1) is 6.43. The fourth-order valence-corrected chi connectivity index (χ4v) is 3.51. The first-order valence-corrected chi connectivity index (χ1v) is 5.60. The van der Waals surface area contributed by atoms with E-state index in [9.17, 15) is 10.2 Å². The van der Waals surface area contributed by atoms with Crippen molar-refractivity contribution < 1.29 is 10.2 Å². The van der Waals surface area contributed by atoms with Gasteiger partial charge in [0.15, 0.2) is 0 Å². The molecule has 1 heterocycles. The van der Waals surface area contributed by atoms with Gasteiger partial charge in [-0.15, -0.1) is 0 Å². The summed E-state index contributed by atoms with van der Waals surface area (Å²) in [6.07, 6.45) is -1.40. The number of nitrogens with zero attached hydrogens (tertiary/aromatic N) is 1. The molecule has 0 saturated carbocycles. The topological polar surface area (TPSA) is 43.7 Å². The van der Waals surface area contributed by atoms with Crippen LogP contribution in [0.15, 0.2) is 0 Å². The van der Waals surface area contributed by atoms with Crippen molar-refractivity contribution in [2.24, 2.45) is 0 Å². The third-order valence-electron chi connectivity index (χ3n) is 3.57. The lowest BCUT2D eigenvalue weighted by Crippen LogP contribution is -2.60. The van der Waals surface area contributed by atoms with Crippen LogP contribution in [-0.2, 0) is 0 Å². The minimum absolute atomic E-state index is 0.0779. The summed E-state index contributed by atoms with van der Waals surface area (Å²) in [6.45, 7) is 14.3. The van der Waals surface area contributed by atoms with Gasteiger partial charge in [0.25, 0.3) is 0 Å². The molecule has 1 saturated heterocycles. The Bertz CT molecular complexity index is 233. The van der Waals surface area contributed by atoms with Crippen LogP contribution in [0.5, 0.6) is 0 Å². The zero-order valence-corrected chi connectivity index (χ0v) is 11.0. The number of aliphatic hydroxyl groups excluding tert-OH is 2. The predicted molar refractivity (Wildman–Crippen MR) is 61.8 cm³/mol. The standard InChI is InChI=1S/C12H25NO2/c1-10(2,3)13-11(4,5)8(14)9(15)12(13,6)7/h8-9,14-15H,1-7H3/t8-,9+. The van der Waals surface area contributed by atoms with E-state index in [0.29, 0.717) is 0 Å². The van der Waals surface area contributed by atoms with E-state index in [0.717, 1.165) is 0 Å². The maximum Gasteiger partial charge on any atom is 0.0995 e. The second-order valence-electron chi connectivity index (χ2n) is 6.70. The van der Waals surface area contributed by atoms with E-state index < -0.39 is 23.3 Å². The van der Waals surface area contributed by atoms with E-state index in [2.05, 4.69) is 25.7 Å². The van der Waals surface area contributed by atoms with E-state index in [1.54, 1.807) is 0 Å². The average molecular weight is 215 g/mol. The minimum atomic E-state index is -0.702. The molecule has 2 N–H and O–H groups in total. The molecular weight excluding hydrogens is 190 g/mol. The van der Waals surface area contributed by atoms with Crippen molar-refractivity contribution in [3.8, 4) is 0 Å². The molecule has 1 rings (SSSR count). The Hall–Kier alpha value is -0.120. The Morgan fingerprint density at radius 2 is 1.13 bits per heavy atom. The second-order valence-corrected chi connectivity index (χ2v) is 6.70. The molecule has 0 aromatic carbocycles. The summed E-state index contributed by atoms with van der Waals surface area (Å²) in [5.41, 5.74) is -0.881. The van der Waals surface area contributed by atoms with Crippen molar-refractivity contribution in [2.45, 2.75) is 77.3 Å². The Morgan fingerprint density at radius 1 is 0.867 bits per heavy atom. The molecule has 0 aromatic rings. The Morgan fingerprint density at radius 3 is 1.27 bits per heavy atom. The van der Waals surface area contributed by atoms with Gasteiger partial charge in [0.1, 0.15) is 0 Å². The van der Waals surface area contributed by atoms with Crippen molar-refractivity contribution in [1.29, 1.82) is 0 Å². The summed E-state index contributed by atoms with van der Waals surface area (Å²) in [7, 11) is 0. The highest BCUT2D eigenvalue weighted by molar-refractivity contribution is 5.15. The summed E-state index contributed by atoms with van der Waals surface area (Å²) in [5.74, 6) is 0.